The van der Waals surface area contributed by atoms with Crippen LogP contribution < -0.4 is 4.74 Å². The molecule has 23 heavy (non-hydrogen) atoms. The van der Waals surface area contributed by atoms with E-state index in [0.29, 0.717) is 21.9 Å². The maximum Gasteiger partial charge on any atom is 0.220 e. The molecule has 2 aromatic carbocycles. The molecule has 114 valence electrons. The molecule has 1 aromatic heterocycles. The predicted molar refractivity (Wildman–Crippen MR) is 84.7 cm³/mol. The maximum absolute atomic E-state index is 12.7. The van der Waals surface area contributed by atoms with Crippen LogP contribution in [-0.4, -0.2) is 17.9 Å². The van der Waals surface area contributed by atoms with Crippen LogP contribution in [0.5, 0.6) is 5.75 Å². The lowest BCUT2D eigenvalue weighted by atomic mass is 9.98. The molecule has 0 amide bonds. The molecule has 5 nitrogen and oxygen atoms in total. The minimum absolute atomic E-state index is 0.0655. The Kier molecular flexibility index (Phi) is 4.00. The van der Waals surface area contributed by atoms with E-state index in [1.807, 2.05) is 6.07 Å². The number of para-hydroxylation sites is 2. The van der Waals surface area contributed by atoms with Crippen molar-refractivity contribution in [2.75, 3.05) is 7.11 Å². The number of nitrogens with zero attached hydrogens (tertiary/aromatic N) is 2. The number of aromatic nitrogens is 1. The monoisotopic (exact) mass is 326 g/mol. The second-order valence-corrected chi connectivity index (χ2v) is 5.23. The summed E-state index contributed by atoms with van der Waals surface area (Å²) in [7, 11) is 1.43. The molecule has 3 rings (SSSR count). The summed E-state index contributed by atoms with van der Waals surface area (Å²) < 4.78 is 10.7. The van der Waals surface area contributed by atoms with Crippen LogP contribution in [0.4, 0.5) is 0 Å². The number of fused-ring (bicyclic) bond motifs is 1. The number of methoxy groups -OCH3 is 1. The third-order valence-corrected chi connectivity index (χ3v) is 3.61. The van der Waals surface area contributed by atoms with Crippen molar-refractivity contribution in [1.29, 1.82) is 5.26 Å². The summed E-state index contributed by atoms with van der Waals surface area (Å²) in [4.78, 5) is 16.9. The Morgan fingerprint density at radius 3 is 2.83 bits per heavy atom. The number of halogens is 1. The van der Waals surface area contributed by atoms with Crippen LogP contribution in [0, 0.1) is 11.3 Å². The zero-order valence-corrected chi connectivity index (χ0v) is 12.9. The number of ketones is 1. The molecular weight excluding hydrogens is 316 g/mol. The predicted octanol–water partition coefficient (Wildman–Crippen LogP) is 3.98. The van der Waals surface area contributed by atoms with Gasteiger partial charge in [0, 0.05) is 5.02 Å². The minimum Gasteiger partial charge on any atom is -0.496 e. The molecule has 0 N–H and O–H groups in total. The van der Waals surface area contributed by atoms with Gasteiger partial charge in [-0.2, -0.15) is 5.26 Å². The Balaban J connectivity index is 2.04. The van der Waals surface area contributed by atoms with Gasteiger partial charge >= 0.3 is 0 Å². The first-order valence-corrected chi connectivity index (χ1v) is 7.14. The van der Waals surface area contributed by atoms with E-state index in [0.717, 1.165) is 0 Å². The Labute approximate surface area is 137 Å². The van der Waals surface area contributed by atoms with Crippen molar-refractivity contribution < 1.29 is 13.9 Å². The van der Waals surface area contributed by atoms with E-state index in [1.165, 1.54) is 19.2 Å². The molecule has 0 spiro atoms. The van der Waals surface area contributed by atoms with Gasteiger partial charge in [-0.25, -0.2) is 4.98 Å². The van der Waals surface area contributed by atoms with Crippen molar-refractivity contribution in [3.63, 3.8) is 0 Å². The lowest BCUT2D eigenvalue weighted by Gasteiger charge is -2.09. The molecule has 6 heteroatoms. The first-order chi connectivity index (χ1) is 11.1. The quantitative estimate of drug-likeness (QED) is 0.678. The minimum atomic E-state index is -1.16. The van der Waals surface area contributed by atoms with Crippen molar-refractivity contribution in [3.05, 3.63) is 58.9 Å². The number of benzene rings is 2. The smallest absolute Gasteiger partial charge is 0.220 e. The van der Waals surface area contributed by atoms with E-state index >= 15 is 0 Å². The third-order valence-electron chi connectivity index (χ3n) is 3.38. The average molecular weight is 327 g/mol. The molecule has 1 atom stereocenters. The van der Waals surface area contributed by atoms with E-state index < -0.39 is 11.7 Å². The Bertz CT molecular complexity index is 894. The van der Waals surface area contributed by atoms with Gasteiger partial charge in [0.05, 0.1) is 18.7 Å². The molecule has 0 unspecified atom stereocenters. The second-order valence-electron chi connectivity index (χ2n) is 4.79. The topological polar surface area (TPSA) is 76.1 Å². The van der Waals surface area contributed by atoms with Gasteiger partial charge in [-0.3, -0.25) is 4.79 Å². The fraction of sp³-hybridized carbons (Fsp3) is 0.118. The zero-order valence-electron chi connectivity index (χ0n) is 12.1. The van der Waals surface area contributed by atoms with Crippen LogP contribution in [0.15, 0.2) is 46.9 Å². The van der Waals surface area contributed by atoms with E-state index in [-0.39, 0.29) is 11.5 Å². The highest BCUT2D eigenvalue weighted by Gasteiger charge is 2.29. The Morgan fingerprint density at radius 2 is 2.13 bits per heavy atom. The first-order valence-electron chi connectivity index (χ1n) is 6.77. The number of hydrogen-bond acceptors (Lipinski definition) is 5. The Morgan fingerprint density at radius 1 is 1.35 bits per heavy atom. The standard InChI is InChI=1S/C17H11ClN2O3/c1-22-15-8-10(18)6-7-11(15)16(21)12(9-19)17-20-13-4-2-3-5-14(13)23-17/h2-8,12H,1H3/t12-/m1/s1. The van der Waals surface area contributed by atoms with Gasteiger partial charge in [0.1, 0.15) is 11.3 Å². The second kappa shape index (κ2) is 6.11. The summed E-state index contributed by atoms with van der Waals surface area (Å²) in [6.07, 6.45) is 0. The van der Waals surface area contributed by atoms with E-state index in [2.05, 4.69) is 4.98 Å². The molecule has 0 fully saturated rings. The molecule has 1 heterocycles. The molecule has 0 aliphatic rings. The highest BCUT2D eigenvalue weighted by molar-refractivity contribution is 6.31. The number of Topliss-reactive ketones (excluding diaryl/α,β-unsaturated/α-hetero) is 1. The third kappa shape index (κ3) is 2.77. The summed E-state index contributed by atoms with van der Waals surface area (Å²) >= 11 is 5.90. The molecule has 0 bridgehead atoms. The maximum atomic E-state index is 12.7. The highest BCUT2D eigenvalue weighted by atomic mass is 35.5. The fourth-order valence-electron chi connectivity index (χ4n) is 2.26. The van der Waals surface area contributed by atoms with Gasteiger partial charge in [-0.05, 0) is 30.3 Å². The molecule has 3 aromatic rings. The van der Waals surface area contributed by atoms with E-state index in [9.17, 15) is 10.1 Å². The van der Waals surface area contributed by atoms with Crippen LogP contribution in [0.2, 0.25) is 5.02 Å². The first kappa shape index (κ1) is 15.1. The van der Waals surface area contributed by atoms with Crippen LogP contribution in [-0.2, 0) is 0 Å². The van der Waals surface area contributed by atoms with Crippen molar-refractivity contribution in [2.24, 2.45) is 0 Å². The summed E-state index contributed by atoms with van der Waals surface area (Å²) in [6, 6.07) is 13.6. The SMILES string of the molecule is COc1cc(Cl)ccc1C(=O)[C@@H](C#N)c1nc2ccccc2o1. The lowest BCUT2D eigenvalue weighted by molar-refractivity contribution is 0.0967. The number of nitriles is 1. The van der Waals surface area contributed by atoms with Crippen LogP contribution in [0.1, 0.15) is 22.2 Å². The highest BCUT2D eigenvalue weighted by Crippen LogP contribution is 2.29. The number of carbonyl (C=O) groups excluding carboxylic acids is 1. The summed E-state index contributed by atoms with van der Waals surface area (Å²) in [5, 5.41) is 9.86. The van der Waals surface area contributed by atoms with E-state index in [4.69, 9.17) is 20.8 Å². The largest absolute Gasteiger partial charge is 0.496 e. The zero-order chi connectivity index (χ0) is 16.4. The van der Waals surface area contributed by atoms with Crippen molar-refractivity contribution in [3.8, 4) is 11.8 Å². The number of carbonyl (C=O) groups is 1. The number of ether oxygens (including phenoxy) is 1. The average Bonchev–Trinajstić information content (AvgIpc) is 2.98. The molecule has 0 aliphatic heterocycles. The number of rotatable bonds is 4. The fourth-order valence-corrected chi connectivity index (χ4v) is 2.43. The van der Waals surface area contributed by atoms with Gasteiger partial charge in [-0.1, -0.05) is 23.7 Å². The van der Waals surface area contributed by atoms with Gasteiger partial charge in [0.2, 0.25) is 5.89 Å². The number of hydrogen-bond donors (Lipinski definition) is 0. The Hall–Kier alpha value is -2.84. The van der Waals surface area contributed by atoms with E-state index in [1.54, 1.807) is 30.3 Å². The van der Waals surface area contributed by atoms with Crippen molar-refractivity contribution in [1.82, 2.24) is 4.98 Å². The summed E-state index contributed by atoms with van der Waals surface area (Å²) in [5.74, 6) is -1.24. The number of oxazole rings is 1. The van der Waals surface area contributed by atoms with Gasteiger partial charge < -0.3 is 9.15 Å². The van der Waals surface area contributed by atoms with Crippen molar-refractivity contribution in [2.45, 2.75) is 5.92 Å². The molecule has 0 aliphatic carbocycles. The summed E-state index contributed by atoms with van der Waals surface area (Å²) in [5.41, 5.74) is 1.38. The molecule has 0 saturated carbocycles. The van der Waals surface area contributed by atoms with Crippen LogP contribution >= 0.6 is 11.6 Å². The molecular formula is C17H11ClN2O3. The molecule has 0 saturated heterocycles. The summed E-state index contributed by atoms with van der Waals surface area (Å²) in [6.45, 7) is 0. The van der Waals surface area contributed by atoms with Gasteiger partial charge in [0.25, 0.3) is 0 Å². The normalized spacial score (nSPS) is 11.9. The van der Waals surface area contributed by atoms with Gasteiger partial charge in [0.15, 0.2) is 17.3 Å². The van der Waals surface area contributed by atoms with Gasteiger partial charge in [-0.15, -0.1) is 0 Å². The van der Waals surface area contributed by atoms with Crippen LogP contribution in [0.3, 0.4) is 0 Å². The molecule has 0 radical (unpaired) electrons. The van der Waals surface area contributed by atoms with Crippen molar-refractivity contribution >= 4 is 28.5 Å². The van der Waals surface area contributed by atoms with Crippen LogP contribution in [0.25, 0.3) is 11.1 Å². The lowest BCUT2D eigenvalue weighted by Crippen LogP contribution is -2.12.